The van der Waals surface area contributed by atoms with Crippen LogP contribution in [0.25, 0.3) is 0 Å². The van der Waals surface area contributed by atoms with E-state index in [9.17, 15) is 5.11 Å². The van der Waals surface area contributed by atoms with Gasteiger partial charge in [-0.2, -0.15) is 0 Å². The van der Waals surface area contributed by atoms with Crippen molar-refractivity contribution in [3.05, 3.63) is 0 Å². The quantitative estimate of drug-likeness (QED) is 0.562. The van der Waals surface area contributed by atoms with Crippen LogP contribution in [-0.4, -0.2) is 16.7 Å². The second kappa shape index (κ2) is 2.05. The van der Waals surface area contributed by atoms with Gasteiger partial charge in [0.25, 0.3) is 0 Å². The van der Waals surface area contributed by atoms with E-state index in [1.165, 1.54) is 12.8 Å². The van der Waals surface area contributed by atoms with Gasteiger partial charge in [0, 0.05) is 6.04 Å². The second-order valence-corrected chi connectivity index (χ2v) is 5.27. The summed E-state index contributed by atoms with van der Waals surface area (Å²) in [5.74, 6) is 2.08. The highest BCUT2D eigenvalue weighted by molar-refractivity contribution is 5.06. The maximum atomic E-state index is 10.2. The van der Waals surface area contributed by atoms with Gasteiger partial charge in [-0.05, 0) is 49.9 Å². The summed E-state index contributed by atoms with van der Waals surface area (Å²) in [6, 6.07) is 0.404. The Morgan fingerprint density at radius 1 is 1.08 bits per heavy atom. The minimum Gasteiger partial charge on any atom is -0.390 e. The van der Waals surface area contributed by atoms with Crippen molar-refractivity contribution in [1.29, 1.82) is 0 Å². The maximum absolute atomic E-state index is 10.2. The number of hydrogen-bond acceptors (Lipinski definition) is 2. The highest BCUT2D eigenvalue weighted by Crippen LogP contribution is 2.54. The molecule has 4 bridgehead atoms. The Hall–Kier alpha value is -0.0800. The van der Waals surface area contributed by atoms with Gasteiger partial charge in [-0.15, -0.1) is 0 Å². The third kappa shape index (κ3) is 0.826. The first-order valence-electron chi connectivity index (χ1n) is 5.14. The van der Waals surface area contributed by atoms with Gasteiger partial charge in [0.15, 0.2) is 0 Å². The normalized spacial score (nSPS) is 62.5. The predicted molar refractivity (Wildman–Crippen MR) is 46.5 cm³/mol. The Bertz CT molecular complexity index is 200. The van der Waals surface area contributed by atoms with Crippen LogP contribution >= 0.6 is 0 Å². The molecule has 68 valence electrons. The molecule has 4 saturated carbocycles. The molecule has 0 aromatic heterocycles. The summed E-state index contributed by atoms with van der Waals surface area (Å²) in [5.41, 5.74) is 5.82. The zero-order chi connectivity index (χ0) is 8.34. The third-order valence-corrected chi connectivity index (χ3v) is 4.31. The molecule has 0 unspecified atom stereocenters. The number of hydrogen-bond donors (Lipinski definition) is 2. The molecule has 0 aliphatic heterocycles. The molecule has 4 aliphatic carbocycles. The Morgan fingerprint density at radius 2 is 1.67 bits per heavy atom. The van der Waals surface area contributed by atoms with Crippen molar-refractivity contribution in [2.24, 2.45) is 23.5 Å². The van der Waals surface area contributed by atoms with Gasteiger partial charge in [0.2, 0.25) is 0 Å². The Morgan fingerprint density at radius 3 is 2.17 bits per heavy atom. The van der Waals surface area contributed by atoms with E-state index < -0.39 is 0 Å². The number of aliphatic hydroxyl groups is 1. The van der Waals surface area contributed by atoms with Gasteiger partial charge in [-0.25, -0.2) is 0 Å². The first-order valence-corrected chi connectivity index (χ1v) is 5.14. The number of nitrogens with two attached hydrogens (primary N) is 1. The lowest BCUT2D eigenvalue weighted by molar-refractivity contribution is -0.132. The zero-order valence-electron chi connectivity index (χ0n) is 7.37. The Balaban J connectivity index is 1.95. The van der Waals surface area contributed by atoms with E-state index in [0.717, 1.165) is 25.2 Å². The Kier molecular flexibility index (Phi) is 1.25. The molecular weight excluding hydrogens is 150 g/mol. The van der Waals surface area contributed by atoms with Crippen LogP contribution in [0, 0.1) is 17.8 Å². The molecule has 3 N–H and O–H groups in total. The van der Waals surface area contributed by atoms with Crippen LogP contribution < -0.4 is 5.73 Å². The fourth-order valence-electron chi connectivity index (χ4n) is 4.02. The van der Waals surface area contributed by atoms with E-state index in [1.54, 1.807) is 0 Å². The Labute approximate surface area is 73.1 Å². The first-order chi connectivity index (χ1) is 5.66. The molecule has 0 heterocycles. The van der Waals surface area contributed by atoms with Crippen LogP contribution in [0.1, 0.15) is 32.1 Å². The molecule has 2 atom stereocenters. The zero-order valence-corrected chi connectivity index (χ0v) is 7.37. The lowest BCUT2D eigenvalue weighted by atomic mass is 9.52. The maximum Gasteiger partial charge on any atom is 0.0657 e. The van der Waals surface area contributed by atoms with E-state index in [4.69, 9.17) is 5.73 Å². The van der Waals surface area contributed by atoms with E-state index in [2.05, 4.69) is 0 Å². The van der Waals surface area contributed by atoms with Gasteiger partial charge >= 0.3 is 0 Å². The van der Waals surface area contributed by atoms with Crippen LogP contribution in [0.5, 0.6) is 0 Å². The summed E-state index contributed by atoms with van der Waals surface area (Å²) >= 11 is 0. The molecule has 0 spiro atoms. The average Bonchev–Trinajstić information content (AvgIpc) is 1.96. The predicted octanol–water partition coefficient (Wildman–Crippen LogP) is 0.885. The number of rotatable bonds is 0. The van der Waals surface area contributed by atoms with E-state index >= 15 is 0 Å². The lowest BCUT2D eigenvalue weighted by Crippen LogP contribution is -2.59. The van der Waals surface area contributed by atoms with Gasteiger partial charge in [0.05, 0.1) is 5.60 Å². The van der Waals surface area contributed by atoms with Crippen molar-refractivity contribution < 1.29 is 5.11 Å². The summed E-state index contributed by atoms with van der Waals surface area (Å²) < 4.78 is 0. The van der Waals surface area contributed by atoms with Crippen molar-refractivity contribution >= 4 is 0 Å². The highest BCUT2D eigenvalue weighted by Gasteiger charge is 2.53. The molecule has 12 heavy (non-hydrogen) atoms. The molecule has 4 fully saturated rings. The monoisotopic (exact) mass is 167 g/mol. The minimum atomic E-state index is -0.299. The summed E-state index contributed by atoms with van der Waals surface area (Å²) in [6.07, 6.45) is 5.62. The van der Waals surface area contributed by atoms with Crippen LogP contribution in [0.2, 0.25) is 0 Å². The molecule has 0 amide bonds. The molecule has 0 saturated heterocycles. The van der Waals surface area contributed by atoms with Crippen molar-refractivity contribution in [2.45, 2.75) is 43.7 Å². The van der Waals surface area contributed by atoms with Crippen molar-refractivity contribution in [3.8, 4) is 0 Å². The average molecular weight is 167 g/mol. The highest BCUT2D eigenvalue weighted by atomic mass is 16.3. The summed E-state index contributed by atoms with van der Waals surface area (Å²) in [4.78, 5) is 0. The van der Waals surface area contributed by atoms with Gasteiger partial charge < -0.3 is 10.8 Å². The molecule has 4 aliphatic rings. The van der Waals surface area contributed by atoms with Gasteiger partial charge in [0.1, 0.15) is 0 Å². The van der Waals surface area contributed by atoms with E-state index in [1.807, 2.05) is 0 Å². The standard InChI is InChI=1S/C10H17NO/c11-9-7-1-6-2-8(9)5-10(12,3-6)4-7/h6-9,12H,1-5,11H2/t6?,7-,8-,9?,10?/m0/s1. The lowest BCUT2D eigenvalue weighted by Gasteiger charge is -2.57. The van der Waals surface area contributed by atoms with Crippen molar-refractivity contribution in [1.82, 2.24) is 0 Å². The SMILES string of the molecule is NC1[C@H]2CC3C[C@H]1CC(O)(C3)C2. The fourth-order valence-corrected chi connectivity index (χ4v) is 4.02. The van der Waals surface area contributed by atoms with Crippen LogP contribution in [0.3, 0.4) is 0 Å². The molecule has 2 heteroatoms. The molecule has 4 rings (SSSR count). The van der Waals surface area contributed by atoms with Crippen molar-refractivity contribution in [2.75, 3.05) is 0 Å². The minimum absolute atomic E-state index is 0.299. The topological polar surface area (TPSA) is 46.2 Å². The van der Waals surface area contributed by atoms with Crippen molar-refractivity contribution in [3.63, 3.8) is 0 Å². The van der Waals surface area contributed by atoms with Gasteiger partial charge in [-0.1, -0.05) is 0 Å². The van der Waals surface area contributed by atoms with E-state index in [0.29, 0.717) is 17.9 Å². The second-order valence-electron chi connectivity index (χ2n) is 5.27. The molecular formula is C10H17NO. The third-order valence-electron chi connectivity index (χ3n) is 4.31. The van der Waals surface area contributed by atoms with Gasteiger partial charge in [-0.3, -0.25) is 0 Å². The summed E-state index contributed by atoms with van der Waals surface area (Å²) in [6.45, 7) is 0. The molecule has 2 nitrogen and oxygen atoms in total. The molecule has 0 radical (unpaired) electrons. The fraction of sp³-hybridized carbons (Fsp3) is 1.00. The first kappa shape index (κ1) is 7.34. The molecule has 0 aromatic carbocycles. The molecule has 0 aromatic rings. The van der Waals surface area contributed by atoms with E-state index in [-0.39, 0.29) is 5.60 Å². The summed E-state index contributed by atoms with van der Waals surface area (Å²) in [7, 11) is 0. The van der Waals surface area contributed by atoms with Crippen LogP contribution in [-0.2, 0) is 0 Å². The largest absolute Gasteiger partial charge is 0.390 e. The van der Waals surface area contributed by atoms with Crippen LogP contribution in [0.4, 0.5) is 0 Å². The van der Waals surface area contributed by atoms with Crippen LogP contribution in [0.15, 0.2) is 0 Å². The summed E-state index contributed by atoms with van der Waals surface area (Å²) in [5, 5.41) is 10.2. The smallest absolute Gasteiger partial charge is 0.0657 e.